The summed E-state index contributed by atoms with van der Waals surface area (Å²) in [7, 11) is -3.50. The van der Waals surface area contributed by atoms with Crippen molar-refractivity contribution in [1.29, 1.82) is 0 Å². The average Bonchev–Trinajstić information content (AvgIpc) is 2.69. The molecule has 1 saturated heterocycles. The highest BCUT2D eigenvalue weighted by Gasteiger charge is 2.25. The van der Waals surface area contributed by atoms with Gasteiger partial charge in [-0.25, -0.2) is 22.0 Å². The van der Waals surface area contributed by atoms with Gasteiger partial charge in [0, 0.05) is 25.7 Å². The number of benzene rings is 2. The molecule has 0 saturated carbocycles. The van der Waals surface area contributed by atoms with Gasteiger partial charge in [0.25, 0.3) is 0 Å². The molecule has 2 aromatic carbocycles. The monoisotopic (exact) mass is 409 g/mol. The molecule has 1 aliphatic rings. The standard InChI is InChI=1S/C19H21F2N3O3S/c20-15-6-9-18(17(21)12-15)23-19(25)22-13-14-4-7-16(8-5-14)28(26,27)24-10-2-1-3-11-24/h4-9,12H,1-3,10-11,13H2,(H2,22,23,25). The van der Waals surface area contributed by atoms with Gasteiger partial charge in [0.1, 0.15) is 11.6 Å². The zero-order chi connectivity index (χ0) is 20.1. The summed E-state index contributed by atoms with van der Waals surface area (Å²) < 4.78 is 53.1. The normalized spacial score (nSPS) is 15.2. The molecule has 0 bridgehead atoms. The summed E-state index contributed by atoms with van der Waals surface area (Å²) >= 11 is 0. The molecule has 0 unspecified atom stereocenters. The van der Waals surface area contributed by atoms with E-state index in [4.69, 9.17) is 0 Å². The van der Waals surface area contributed by atoms with E-state index in [0.717, 1.165) is 31.4 Å². The van der Waals surface area contributed by atoms with Crippen molar-refractivity contribution in [2.24, 2.45) is 0 Å². The first-order chi connectivity index (χ1) is 13.4. The van der Waals surface area contributed by atoms with Crippen LogP contribution in [0.2, 0.25) is 0 Å². The summed E-state index contributed by atoms with van der Waals surface area (Å²) in [6, 6.07) is 8.46. The fraction of sp³-hybridized carbons (Fsp3) is 0.316. The molecule has 0 spiro atoms. The predicted octanol–water partition coefficient (Wildman–Crippen LogP) is 3.46. The van der Waals surface area contributed by atoms with E-state index in [0.29, 0.717) is 24.7 Å². The van der Waals surface area contributed by atoms with Crippen LogP contribution in [0.15, 0.2) is 47.4 Å². The Morgan fingerprint density at radius 1 is 1.00 bits per heavy atom. The number of sulfonamides is 1. The lowest BCUT2D eigenvalue weighted by atomic mass is 10.2. The number of halogens is 2. The van der Waals surface area contributed by atoms with Gasteiger partial charge in [0.2, 0.25) is 10.0 Å². The van der Waals surface area contributed by atoms with Crippen LogP contribution < -0.4 is 10.6 Å². The third-order valence-corrected chi connectivity index (χ3v) is 6.42. The number of nitrogens with one attached hydrogen (secondary N) is 2. The molecule has 1 aliphatic heterocycles. The molecule has 28 heavy (non-hydrogen) atoms. The third-order valence-electron chi connectivity index (χ3n) is 4.51. The number of hydrogen-bond acceptors (Lipinski definition) is 3. The topological polar surface area (TPSA) is 78.5 Å². The molecule has 9 heteroatoms. The Morgan fingerprint density at radius 2 is 1.68 bits per heavy atom. The number of carbonyl (C=O) groups is 1. The minimum Gasteiger partial charge on any atom is -0.334 e. The molecule has 2 N–H and O–H groups in total. The Bertz CT molecular complexity index is 943. The Balaban J connectivity index is 1.57. The second-order valence-corrected chi connectivity index (χ2v) is 8.48. The highest BCUT2D eigenvalue weighted by atomic mass is 32.2. The number of hydrogen-bond donors (Lipinski definition) is 2. The van der Waals surface area contributed by atoms with Crippen LogP contribution in [0.1, 0.15) is 24.8 Å². The van der Waals surface area contributed by atoms with Crippen LogP contribution in [0.5, 0.6) is 0 Å². The molecule has 6 nitrogen and oxygen atoms in total. The van der Waals surface area contributed by atoms with E-state index in [1.807, 2.05) is 0 Å². The Kier molecular flexibility index (Phi) is 6.25. The highest BCUT2D eigenvalue weighted by molar-refractivity contribution is 7.89. The maximum Gasteiger partial charge on any atom is 0.319 e. The van der Waals surface area contributed by atoms with E-state index in [9.17, 15) is 22.0 Å². The van der Waals surface area contributed by atoms with Crippen LogP contribution >= 0.6 is 0 Å². The third kappa shape index (κ3) is 4.85. The SMILES string of the molecule is O=C(NCc1ccc(S(=O)(=O)N2CCCCC2)cc1)Nc1ccc(F)cc1F. The summed E-state index contributed by atoms with van der Waals surface area (Å²) in [6.07, 6.45) is 2.77. The molecule has 3 rings (SSSR count). The fourth-order valence-corrected chi connectivity index (χ4v) is 4.49. The Labute approximate surface area is 162 Å². The van der Waals surface area contributed by atoms with Crippen LogP contribution in [0.4, 0.5) is 19.3 Å². The number of urea groups is 1. The quantitative estimate of drug-likeness (QED) is 0.794. The van der Waals surface area contributed by atoms with Crippen molar-refractivity contribution in [1.82, 2.24) is 9.62 Å². The van der Waals surface area contributed by atoms with Gasteiger partial charge in [0.05, 0.1) is 10.6 Å². The number of carbonyl (C=O) groups excluding carboxylic acids is 1. The van der Waals surface area contributed by atoms with Gasteiger partial charge < -0.3 is 10.6 Å². The lowest BCUT2D eigenvalue weighted by Crippen LogP contribution is -2.35. The lowest BCUT2D eigenvalue weighted by Gasteiger charge is -2.25. The summed E-state index contributed by atoms with van der Waals surface area (Å²) in [5.74, 6) is -1.61. The summed E-state index contributed by atoms with van der Waals surface area (Å²) in [5.41, 5.74) is 0.550. The van der Waals surface area contributed by atoms with Gasteiger partial charge >= 0.3 is 6.03 Å². The van der Waals surface area contributed by atoms with Crippen molar-refractivity contribution in [3.05, 3.63) is 59.7 Å². The van der Waals surface area contributed by atoms with Crippen molar-refractivity contribution in [3.8, 4) is 0 Å². The molecule has 2 aromatic rings. The second-order valence-electron chi connectivity index (χ2n) is 6.54. The van der Waals surface area contributed by atoms with Crippen molar-refractivity contribution in [3.63, 3.8) is 0 Å². The first-order valence-electron chi connectivity index (χ1n) is 8.95. The predicted molar refractivity (Wildman–Crippen MR) is 101 cm³/mol. The second kappa shape index (κ2) is 8.66. The molecule has 2 amide bonds. The summed E-state index contributed by atoms with van der Waals surface area (Å²) in [5, 5.41) is 4.83. The minimum absolute atomic E-state index is 0.124. The zero-order valence-corrected chi connectivity index (χ0v) is 15.9. The van der Waals surface area contributed by atoms with Crippen LogP contribution in [0.25, 0.3) is 0 Å². The van der Waals surface area contributed by atoms with Crippen molar-refractivity contribution < 1.29 is 22.0 Å². The van der Waals surface area contributed by atoms with E-state index >= 15 is 0 Å². The largest absolute Gasteiger partial charge is 0.334 e. The first-order valence-corrected chi connectivity index (χ1v) is 10.4. The molecule has 0 atom stereocenters. The van der Waals surface area contributed by atoms with Gasteiger partial charge in [-0.15, -0.1) is 0 Å². The Hall–Kier alpha value is -2.52. The van der Waals surface area contributed by atoms with Gasteiger partial charge in [0.15, 0.2) is 0 Å². The molecular formula is C19H21F2N3O3S. The van der Waals surface area contributed by atoms with E-state index < -0.39 is 27.7 Å². The van der Waals surface area contributed by atoms with Crippen LogP contribution in [-0.2, 0) is 16.6 Å². The number of rotatable bonds is 5. The lowest BCUT2D eigenvalue weighted by molar-refractivity contribution is 0.251. The van der Waals surface area contributed by atoms with Crippen LogP contribution in [0, 0.1) is 11.6 Å². The summed E-state index contributed by atoms with van der Waals surface area (Å²) in [6.45, 7) is 1.19. The number of piperidine rings is 1. The van der Waals surface area contributed by atoms with Crippen molar-refractivity contribution in [2.75, 3.05) is 18.4 Å². The van der Waals surface area contributed by atoms with Gasteiger partial charge in [-0.3, -0.25) is 0 Å². The van der Waals surface area contributed by atoms with Gasteiger partial charge in [-0.2, -0.15) is 4.31 Å². The van der Waals surface area contributed by atoms with Crippen molar-refractivity contribution >= 4 is 21.7 Å². The van der Waals surface area contributed by atoms with Crippen LogP contribution in [-0.4, -0.2) is 31.8 Å². The fourth-order valence-electron chi connectivity index (χ4n) is 2.97. The highest BCUT2D eigenvalue weighted by Crippen LogP contribution is 2.21. The molecule has 0 aromatic heterocycles. The average molecular weight is 409 g/mol. The smallest absolute Gasteiger partial charge is 0.319 e. The first kappa shape index (κ1) is 20.2. The van der Waals surface area contributed by atoms with Crippen LogP contribution in [0.3, 0.4) is 0 Å². The molecule has 0 aliphatic carbocycles. The number of nitrogens with zero attached hydrogens (tertiary/aromatic N) is 1. The zero-order valence-electron chi connectivity index (χ0n) is 15.1. The van der Waals surface area contributed by atoms with Gasteiger partial charge in [-0.1, -0.05) is 18.6 Å². The minimum atomic E-state index is -3.50. The molecule has 150 valence electrons. The van der Waals surface area contributed by atoms with E-state index in [2.05, 4.69) is 10.6 Å². The van der Waals surface area contributed by atoms with E-state index in [1.165, 1.54) is 16.4 Å². The number of anilines is 1. The van der Waals surface area contributed by atoms with Gasteiger partial charge in [-0.05, 0) is 42.7 Å². The molecule has 1 fully saturated rings. The van der Waals surface area contributed by atoms with Crippen molar-refractivity contribution in [2.45, 2.75) is 30.7 Å². The number of amides is 2. The maximum atomic E-state index is 13.5. The van der Waals surface area contributed by atoms with E-state index in [1.54, 1.807) is 12.1 Å². The molecule has 0 radical (unpaired) electrons. The summed E-state index contributed by atoms with van der Waals surface area (Å²) in [4.78, 5) is 12.1. The Morgan fingerprint density at radius 3 is 2.32 bits per heavy atom. The molecule has 1 heterocycles. The molecular weight excluding hydrogens is 388 g/mol. The van der Waals surface area contributed by atoms with E-state index in [-0.39, 0.29) is 17.1 Å². The maximum absolute atomic E-state index is 13.5.